The number of fused-ring (bicyclic) bond motifs is 3. The third-order valence-corrected chi connectivity index (χ3v) is 5.77. The average molecular weight is 351 g/mol. The molecule has 2 heterocycles. The van der Waals surface area contributed by atoms with Crippen LogP contribution in [0.25, 0.3) is 0 Å². The van der Waals surface area contributed by atoms with Crippen LogP contribution in [0.5, 0.6) is 0 Å². The first kappa shape index (κ1) is 17.4. The number of rotatable bonds is 6. The highest BCUT2D eigenvalue weighted by Crippen LogP contribution is 2.45. The van der Waals surface area contributed by atoms with E-state index in [2.05, 4.69) is 60.0 Å². The molecule has 0 aliphatic carbocycles. The number of benzene rings is 2. The van der Waals surface area contributed by atoms with Crippen LogP contribution in [-0.2, 0) is 4.74 Å². The van der Waals surface area contributed by atoms with Gasteiger partial charge in [-0.1, -0.05) is 44.4 Å². The lowest BCUT2D eigenvalue weighted by molar-refractivity contribution is -0.0386. The van der Waals surface area contributed by atoms with Gasteiger partial charge in [0.15, 0.2) is 0 Å². The van der Waals surface area contributed by atoms with Gasteiger partial charge in [0, 0.05) is 41.2 Å². The Morgan fingerprint density at radius 1 is 1.08 bits per heavy atom. The molecule has 3 unspecified atom stereocenters. The third-order valence-electron chi connectivity index (χ3n) is 5.77. The lowest BCUT2D eigenvalue weighted by Crippen LogP contribution is -2.41. The molecule has 3 atom stereocenters. The number of hydrogen-bond donors (Lipinski definition) is 2. The van der Waals surface area contributed by atoms with Gasteiger partial charge in [0.25, 0.3) is 0 Å². The van der Waals surface area contributed by atoms with Crippen LogP contribution in [0.2, 0.25) is 0 Å². The van der Waals surface area contributed by atoms with Crippen LogP contribution in [0.4, 0.5) is 17.1 Å². The molecule has 138 valence electrons. The second-order valence-electron chi connectivity index (χ2n) is 7.64. The van der Waals surface area contributed by atoms with Gasteiger partial charge in [-0.25, -0.2) is 0 Å². The van der Waals surface area contributed by atoms with Crippen LogP contribution in [0.15, 0.2) is 48.5 Å². The zero-order valence-electron chi connectivity index (χ0n) is 15.7. The van der Waals surface area contributed by atoms with Gasteiger partial charge >= 0.3 is 0 Å². The molecule has 0 radical (unpaired) electrons. The standard InChI is InChI=1S/C23H30N2O/c1-2-3-5-12-21-19-11-8-15-26-23(19)20-16-18(13-14-22(20)25-21)24-17-9-6-4-7-10-17/h4,6-7,9-10,13-14,16,19,21,23-25H,2-3,5,8,11-12,15H2,1H3. The van der Waals surface area contributed by atoms with Crippen molar-refractivity contribution in [1.29, 1.82) is 0 Å². The molecular weight excluding hydrogens is 320 g/mol. The summed E-state index contributed by atoms with van der Waals surface area (Å²) >= 11 is 0. The normalized spacial score (nSPS) is 24.3. The van der Waals surface area contributed by atoms with Crippen molar-refractivity contribution < 1.29 is 4.74 Å². The molecular formula is C23H30N2O. The van der Waals surface area contributed by atoms with Crippen LogP contribution in [-0.4, -0.2) is 12.6 Å². The molecule has 3 heteroatoms. The Morgan fingerprint density at radius 2 is 1.96 bits per heavy atom. The number of nitrogens with one attached hydrogen (secondary N) is 2. The van der Waals surface area contributed by atoms with Crippen molar-refractivity contribution in [2.75, 3.05) is 17.2 Å². The number of anilines is 3. The zero-order chi connectivity index (χ0) is 17.8. The molecule has 2 aromatic carbocycles. The van der Waals surface area contributed by atoms with Gasteiger partial charge in [0.1, 0.15) is 0 Å². The molecule has 2 aliphatic heterocycles. The Hall–Kier alpha value is -2.00. The maximum Gasteiger partial charge on any atom is 0.0893 e. The molecule has 4 rings (SSSR count). The van der Waals surface area contributed by atoms with E-state index in [1.807, 2.05) is 6.07 Å². The fourth-order valence-corrected chi connectivity index (χ4v) is 4.44. The highest BCUT2D eigenvalue weighted by Gasteiger charge is 2.38. The summed E-state index contributed by atoms with van der Waals surface area (Å²) in [5, 5.41) is 7.36. The van der Waals surface area contributed by atoms with Crippen molar-refractivity contribution in [3.05, 3.63) is 54.1 Å². The molecule has 0 saturated carbocycles. The van der Waals surface area contributed by atoms with E-state index in [4.69, 9.17) is 4.74 Å². The van der Waals surface area contributed by atoms with Gasteiger partial charge in [0.2, 0.25) is 0 Å². The molecule has 26 heavy (non-hydrogen) atoms. The van der Waals surface area contributed by atoms with E-state index in [9.17, 15) is 0 Å². The van der Waals surface area contributed by atoms with Crippen molar-refractivity contribution in [2.45, 2.75) is 57.6 Å². The van der Waals surface area contributed by atoms with Crippen LogP contribution in [0.3, 0.4) is 0 Å². The maximum atomic E-state index is 6.28. The Kier molecular flexibility index (Phi) is 5.45. The minimum absolute atomic E-state index is 0.240. The van der Waals surface area contributed by atoms with E-state index in [0.29, 0.717) is 12.0 Å². The van der Waals surface area contributed by atoms with Crippen molar-refractivity contribution in [2.24, 2.45) is 5.92 Å². The van der Waals surface area contributed by atoms with Crippen molar-refractivity contribution in [3.63, 3.8) is 0 Å². The lowest BCUT2D eigenvalue weighted by Gasteiger charge is -2.43. The Bertz CT molecular complexity index is 715. The predicted molar refractivity (Wildman–Crippen MR) is 109 cm³/mol. The SMILES string of the molecule is CCCCCC1Nc2ccc(Nc3ccccc3)cc2C2OCCCC12. The molecule has 0 amide bonds. The lowest BCUT2D eigenvalue weighted by atomic mass is 9.78. The van der Waals surface area contributed by atoms with Crippen molar-refractivity contribution in [1.82, 2.24) is 0 Å². The molecule has 0 aromatic heterocycles. The fraction of sp³-hybridized carbons (Fsp3) is 0.478. The molecule has 0 spiro atoms. The van der Waals surface area contributed by atoms with E-state index in [1.165, 1.54) is 49.8 Å². The summed E-state index contributed by atoms with van der Waals surface area (Å²) in [7, 11) is 0. The number of hydrogen-bond acceptors (Lipinski definition) is 3. The smallest absolute Gasteiger partial charge is 0.0893 e. The summed E-state index contributed by atoms with van der Waals surface area (Å²) in [5.74, 6) is 0.597. The number of ether oxygens (including phenoxy) is 1. The summed E-state index contributed by atoms with van der Waals surface area (Å²) in [5.41, 5.74) is 4.83. The molecule has 1 fully saturated rings. The average Bonchev–Trinajstić information content (AvgIpc) is 2.69. The van der Waals surface area contributed by atoms with E-state index in [0.717, 1.165) is 18.0 Å². The van der Waals surface area contributed by atoms with Gasteiger partial charge in [-0.05, 0) is 49.6 Å². The Morgan fingerprint density at radius 3 is 2.81 bits per heavy atom. The Labute approximate surface area is 157 Å². The van der Waals surface area contributed by atoms with Crippen LogP contribution in [0, 0.1) is 5.92 Å². The van der Waals surface area contributed by atoms with E-state index in [-0.39, 0.29) is 6.10 Å². The summed E-state index contributed by atoms with van der Waals surface area (Å²) in [6, 6.07) is 17.6. The molecule has 0 bridgehead atoms. The van der Waals surface area contributed by atoms with Gasteiger partial charge < -0.3 is 15.4 Å². The first-order chi connectivity index (χ1) is 12.8. The zero-order valence-corrected chi connectivity index (χ0v) is 15.7. The highest BCUT2D eigenvalue weighted by molar-refractivity contribution is 5.67. The van der Waals surface area contributed by atoms with E-state index >= 15 is 0 Å². The second-order valence-corrected chi connectivity index (χ2v) is 7.64. The quantitative estimate of drug-likeness (QED) is 0.602. The minimum atomic E-state index is 0.240. The molecule has 2 aliphatic rings. The predicted octanol–water partition coefficient (Wildman–Crippen LogP) is 6.27. The molecule has 2 aromatic rings. The maximum absolute atomic E-state index is 6.28. The van der Waals surface area contributed by atoms with Crippen LogP contribution >= 0.6 is 0 Å². The van der Waals surface area contributed by atoms with Crippen molar-refractivity contribution in [3.8, 4) is 0 Å². The largest absolute Gasteiger partial charge is 0.382 e. The summed E-state index contributed by atoms with van der Waals surface area (Å²) in [4.78, 5) is 0. The summed E-state index contributed by atoms with van der Waals surface area (Å²) < 4.78 is 6.28. The topological polar surface area (TPSA) is 33.3 Å². The van der Waals surface area contributed by atoms with Gasteiger partial charge in [0.05, 0.1) is 6.10 Å². The molecule has 2 N–H and O–H groups in total. The third kappa shape index (κ3) is 3.73. The molecule has 3 nitrogen and oxygen atoms in total. The van der Waals surface area contributed by atoms with E-state index in [1.54, 1.807) is 0 Å². The van der Waals surface area contributed by atoms with Gasteiger partial charge in [-0.15, -0.1) is 0 Å². The van der Waals surface area contributed by atoms with Gasteiger partial charge in [-0.3, -0.25) is 0 Å². The van der Waals surface area contributed by atoms with Crippen LogP contribution in [0.1, 0.15) is 57.1 Å². The number of para-hydroxylation sites is 1. The Balaban J connectivity index is 1.56. The van der Waals surface area contributed by atoms with E-state index < -0.39 is 0 Å². The summed E-state index contributed by atoms with van der Waals surface area (Å²) in [6.45, 7) is 3.16. The van der Waals surface area contributed by atoms with Crippen LogP contribution < -0.4 is 10.6 Å². The minimum Gasteiger partial charge on any atom is -0.382 e. The van der Waals surface area contributed by atoms with Crippen molar-refractivity contribution >= 4 is 17.1 Å². The first-order valence-electron chi connectivity index (χ1n) is 10.2. The highest BCUT2D eigenvalue weighted by atomic mass is 16.5. The molecule has 1 saturated heterocycles. The number of unbranched alkanes of at least 4 members (excludes halogenated alkanes) is 2. The fourth-order valence-electron chi connectivity index (χ4n) is 4.44. The second kappa shape index (κ2) is 8.13. The first-order valence-corrected chi connectivity index (χ1v) is 10.2. The monoisotopic (exact) mass is 350 g/mol. The van der Waals surface area contributed by atoms with Gasteiger partial charge in [-0.2, -0.15) is 0 Å². The summed E-state index contributed by atoms with van der Waals surface area (Å²) in [6.07, 6.45) is 7.85.